The van der Waals surface area contributed by atoms with Crippen LogP contribution in [0.3, 0.4) is 0 Å². The van der Waals surface area contributed by atoms with E-state index in [1.807, 2.05) is 0 Å². The van der Waals surface area contributed by atoms with Gasteiger partial charge in [-0.1, -0.05) is 109 Å². The first-order chi connectivity index (χ1) is 19.6. The van der Waals surface area contributed by atoms with Crippen LogP contribution in [-0.2, 0) is 23.9 Å². The molecular weight excluding hydrogens is 527 g/mol. The maximum atomic E-state index is 13.2. The molecule has 2 aromatic rings. The van der Waals surface area contributed by atoms with Gasteiger partial charge in [-0.05, 0) is 43.5 Å². The molecule has 0 atom stereocenters. The zero-order valence-electron chi connectivity index (χ0n) is 25.4. The highest BCUT2D eigenvalue weighted by atomic mass is 19.4. The standard InChI is InChI=1S/C34H50F3NO3/c1-4-5-6-7-8-9-10-11-12-13-14-15-16-17-18-19-31(39)33-26(2)30(24-32(40)41)38(27(33)3)25-28-20-22-29(23-21-28)34(35,36)37/h20-23H,4-19,24-25H2,1-3H3,(H,40,41). The summed E-state index contributed by atoms with van der Waals surface area (Å²) in [6.07, 6.45) is 14.6. The lowest BCUT2D eigenvalue weighted by Gasteiger charge is -2.13. The van der Waals surface area contributed by atoms with Crippen LogP contribution >= 0.6 is 0 Å². The summed E-state index contributed by atoms with van der Waals surface area (Å²) in [6, 6.07) is 4.86. The van der Waals surface area contributed by atoms with Gasteiger partial charge in [0.15, 0.2) is 5.78 Å². The predicted molar refractivity (Wildman–Crippen MR) is 160 cm³/mol. The van der Waals surface area contributed by atoms with Crippen LogP contribution in [-0.4, -0.2) is 21.4 Å². The van der Waals surface area contributed by atoms with Gasteiger partial charge in [-0.2, -0.15) is 13.2 Å². The summed E-state index contributed by atoms with van der Waals surface area (Å²) >= 11 is 0. The predicted octanol–water partition coefficient (Wildman–Crippen LogP) is 10.2. The Morgan fingerprint density at radius 3 is 1.66 bits per heavy atom. The fourth-order valence-electron chi connectivity index (χ4n) is 5.72. The van der Waals surface area contributed by atoms with E-state index < -0.39 is 17.7 Å². The first-order valence-electron chi connectivity index (χ1n) is 15.7. The average molecular weight is 578 g/mol. The van der Waals surface area contributed by atoms with Crippen LogP contribution in [0.15, 0.2) is 24.3 Å². The summed E-state index contributed by atoms with van der Waals surface area (Å²) < 4.78 is 40.6. The van der Waals surface area contributed by atoms with Gasteiger partial charge in [0.1, 0.15) is 0 Å². The quantitative estimate of drug-likeness (QED) is 0.119. The van der Waals surface area contributed by atoms with Crippen LogP contribution in [0.5, 0.6) is 0 Å². The largest absolute Gasteiger partial charge is 0.481 e. The molecule has 2 rings (SSSR count). The second-order valence-electron chi connectivity index (χ2n) is 11.5. The van der Waals surface area contributed by atoms with Gasteiger partial charge in [-0.25, -0.2) is 0 Å². The van der Waals surface area contributed by atoms with E-state index in [0.29, 0.717) is 34.5 Å². The Hall–Kier alpha value is -2.57. The second-order valence-corrected chi connectivity index (χ2v) is 11.5. The Labute approximate surface area is 244 Å². The summed E-state index contributed by atoms with van der Waals surface area (Å²) in [5, 5.41) is 9.48. The van der Waals surface area contributed by atoms with E-state index in [0.717, 1.165) is 31.4 Å². The number of ketones is 1. The molecule has 0 saturated heterocycles. The number of Topliss-reactive ketones (excluding diaryl/α,β-unsaturated/α-hetero) is 1. The summed E-state index contributed by atoms with van der Waals surface area (Å²) in [7, 11) is 0. The number of carboxylic acids is 1. The van der Waals surface area contributed by atoms with Gasteiger partial charge in [0.05, 0.1) is 12.0 Å². The second kappa shape index (κ2) is 18.1. The summed E-state index contributed by atoms with van der Waals surface area (Å²) in [5.41, 5.74) is 2.29. The van der Waals surface area contributed by atoms with Gasteiger partial charge in [0.25, 0.3) is 0 Å². The number of nitrogens with zero attached hydrogens (tertiary/aromatic N) is 1. The van der Waals surface area contributed by atoms with E-state index in [2.05, 4.69) is 6.92 Å². The molecule has 0 spiro atoms. The highest BCUT2D eigenvalue weighted by molar-refractivity contribution is 5.99. The molecule has 1 aromatic heterocycles. The highest BCUT2D eigenvalue weighted by Crippen LogP contribution is 2.30. The molecule has 0 radical (unpaired) electrons. The summed E-state index contributed by atoms with van der Waals surface area (Å²) in [5.74, 6) is -1.01. The van der Waals surface area contributed by atoms with E-state index in [-0.39, 0.29) is 18.7 Å². The summed E-state index contributed by atoms with van der Waals surface area (Å²) in [4.78, 5) is 24.8. The Morgan fingerprint density at radius 2 is 1.22 bits per heavy atom. The number of aliphatic carboxylic acids is 1. The topological polar surface area (TPSA) is 59.3 Å². The normalized spacial score (nSPS) is 11.8. The van der Waals surface area contributed by atoms with E-state index in [9.17, 15) is 27.9 Å². The van der Waals surface area contributed by atoms with Crippen molar-refractivity contribution in [3.8, 4) is 0 Å². The molecule has 230 valence electrons. The minimum Gasteiger partial charge on any atom is -0.481 e. The molecule has 0 aliphatic rings. The molecule has 0 aliphatic carbocycles. The lowest BCUT2D eigenvalue weighted by atomic mass is 9.99. The average Bonchev–Trinajstić information content (AvgIpc) is 3.14. The number of aromatic nitrogens is 1. The van der Waals surface area contributed by atoms with Gasteiger partial charge in [-0.15, -0.1) is 0 Å². The van der Waals surface area contributed by atoms with Crippen molar-refractivity contribution in [1.82, 2.24) is 4.57 Å². The number of benzene rings is 1. The van der Waals surface area contributed by atoms with Crippen molar-refractivity contribution in [2.45, 2.75) is 143 Å². The van der Waals surface area contributed by atoms with Crippen LogP contribution in [0, 0.1) is 13.8 Å². The number of carbonyl (C=O) groups excluding carboxylic acids is 1. The number of carbonyl (C=O) groups is 2. The first-order valence-corrected chi connectivity index (χ1v) is 15.7. The maximum absolute atomic E-state index is 13.2. The molecule has 0 amide bonds. The number of carboxylic acid groups (broad SMARTS) is 1. The molecule has 7 heteroatoms. The monoisotopic (exact) mass is 577 g/mol. The molecule has 41 heavy (non-hydrogen) atoms. The van der Waals surface area contributed by atoms with Crippen molar-refractivity contribution in [3.63, 3.8) is 0 Å². The molecule has 0 fully saturated rings. The molecule has 0 bridgehead atoms. The van der Waals surface area contributed by atoms with Crippen LogP contribution in [0.25, 0.3) is 0 Å². The number of hydrogen-bond acceptors (Lipinski definition) is 2. The van der Waals surface area contributed by atoms with Gasteiger partial charge in [0.2, 0.25) is 0 Å². The minimum atomic E-state index is -4.42. The number of unbranched alkanes of at least 4 members (excludes halogenated alkanes) is 14. The Kier molecular flexibility index (Phi) is 15.3. The third-order valence-corrected chi connectivity index (χ3v) is 8.13. The van der Waals surface area contributed by atoms with Gasteiger partial charge < -0.3 is 9.67 Å². The molecule has 1 N–H and O–H groups in total. The van der Waals surface area contributed by atoms with Crippen molar-refractivity contribution in [3.05, 3.63) is 57.9 Å². The van der Waals surface area contributed by atoms with Crippen molar-refractivity contribution < 1.29 is 27.9 Å². The van der Waals surface area contributed by atoms with Crippen molar-refractivity contribution in [2.24, 2.45) is 0 Å². The molecule has 4 nitrogen and oxygen atoms in total. The zero-order chi connectivity index (χ0) is 30.3. The lowest BCUT2D eigenvalue weighted by Crippen LogP contribution is -2.12. The smallest absolute Gasteiger partial charge is 0.416 e. The van der Waals surface area contributed by atoms with Crippen LogP contribution in [0.4, 0.5) is 13.2 Å². The zero-order valence-corrected chi connectivity index (χ0v) is 25.4. The number of hydrogen-bond donors (Lipinski definition) is 1. The molecule has 1 aromatic carbocycles. The summed E-state index contributed by atoms with van der Waals surface area (Å²) in [6.45, 7) is 6.02. The Morgan fingerprint density at radius 1 is 0.756 bits per heavy atom. The first kappa shape index (κ1) is 34.6. The van der Waals surface area contributed by atoms with Crippen molar-refractivity contribution in [1.29, 1.82) is 0 Å². The van der Waals surface area contributed by atoms with Crippen molar-refractivity contribution >= 4 is 11.8 Å². The number of alkyl halides is 3. The van der Waals surface area contributed by atoms with E-state index in [1.54, 1.807) is 18.4 Å². The Balaban J connectivity index is 1.80. The van der Waals surface area contributed by atoms with E-state index >= 15 is 0 Å². The van der Waals surface area contributed by atoms with E-state index in [4.69, 9.17) is 0 Å². The molecule has 1 heterocycles. The molecule has 0 aliphatic heterocycles. The SMILES string of the molecule is CCCCCCCCCCCCCCCCCC(=O)c1c(C)c(CC(=O)O)n(Cc2ccc(C(F)(F)F)cc2)c1C. The third-order valence-electron chi connectivity index (χ3n) is 8.13. The maximum Gasteiger partial charge on any atom is 0.416 e. The lowest BCUT2D eigenvalue weighted by molar-refractivity contribution is -0.138. The minimum absolute atomic E-state index is 0.00695. The fourth-order valence-corrected chi connectivity index (χ4v) is 5.72. The molecule has 0 unspecified atom stereocenters. The van der Waals surface area contributed by atoms with Crippen LogP contribution < -0.4 is 0 Å². The van der Waals surface area contributed by atoms with Crippen molar-refractivity contribution in [2.75, 3.05) is 0 Å². The number of halogens is 3. The van der Waals surface area contributed by atoms with Gasteiger partial charge in [0, 0.05) is 29.9 Å². The van der Waals surface area contributed by atoms with Gasteiger partial charge >= 0.3 is 12.1 Å². The van der Waals surface area contributed by atoms with Crippen LogP contribution in [0.1, 0.15) is 148 Å². The number of rotatable bonds is 21. The van der Waals surface area contributed by atoms with Crippen LogP contribution in [0.2, 0.25) is 0 Å². The van der Waals surface area contributed by atoms with Gasteiger partial charge in [-0.3, -0.25) is 9.59 Å². The molecular formula is C34H50F3NO3. The third kappa shape index (κ3) is 12.1. The Bertz CT molecular complexity index is 1070. The molecule has 0 saturated carbocycles. The highest BCUT2D eigenvalue weighted by Gasteiger charge is 2.30. The fraction of sp³-hybridized carbons (Fsp3) is 0.647. The van der Waals surface area contributed by atoms with E-state index in [1.165, 1.54) is 89.2 Å².